The Bertz CT molecular complexity index is 521. The first kappa shape index (κ1) is 20.7. The largest absolute Gasteiger partial charge is 0.379 e. The summed E-state index contributed by atoms with van der Waals surface area (Å²) in [6.07, 6.45) is 2.60. The highest BCUT2D eigenvalue weighted by molar-refractivity contribution is 14.0. The van der Waals surface area contributed by atoms with Gasteiger partial charge in [-0.05, 0) is 30.9 Å². The molecule has 24 heavy (non-hydrogen) atoms. The molecular formula is C17H27IN4O2. The highest BCUT2D eigenvalue weighted by Crippen LogP contribution is 2.28. The lowest BCUT2D eigenvalue weighted by atomic mass is 10.3. The van der Waals surface area contributed by atoms with Crippen LogP contribution in [0.2, 0.25) is 0 Å². The van der Waals surface area contributed by atoms with Crippen LogP contribution in [0, 0.1) is 5.92 Å². The quantitative estimate of drug-likeness (QED) is 0.278. The minimum absolute atomic E-state index is 0. The second-order valence-electron chi connectivity index (χ2n) is 5.75. The molecule has 1 amide bonds. The zero-order chi connectivity index (χ0) is 16.5. The molecule has 1 aromatic carbocycles. The van der Waals surface area contributed by atoms with Crippen LogP contribution in [0.5, 0.6) is 0 Å². The Kier molecular flexibility index (Phi) is 9.70. The molecule has 1 aromatic rings. The molecular weight excluding hydrogens is 419 g/mol. The topological polar surface area (TPSA) is 66.0 Å². The number of guanidine groups is 1. The summed E-state index contributed by atoms with van der Waals surface area (Å²) in [4.78, 5) is 18.1. The summed E-state index contributed by atoms with van der Waals surface area (Å²) >= 11 is 0. The van der Waals surface area contributed by atoms with Crippen LogP contribution in [0.4, 0.5) is 5.69 Å². The number of rotatable bonds is 8. The summed E-state index contributed by atoms with van der Waals surface area (Å²) in [7, 11) is 3.64. The van der Waals surface area contributed by atoms with Gasteiger partial charge < -0.3 is 20.3 Å². The lowest BCUT2D eigenvalue weighted by molar-refractivity contribution is -0.115. The van der Waals surface area contributed by atoms with E-state index in [0.717, 1.165) is 24.8 Å². The lowest BCUT2D eigenvalue weighted by Crippen LogP contribution is -2.43. The van der Waals surface area contributed by atoms with Crippen molar-refractivity contribution >= 4 is 41.5 Å². The summed E-state index contributed by atoms with van der Waals surface area (Å²) < 4.78 is 5.62. The molecule has 0 bridgehead atoms. The van der Waals surface area contributed by atoms with Crippen molar-refractivity contribution in [2.45, 2.75) is 12.8 Å². The molecule has 0 aliphatic heterocycles. The molecule has 0 spiro atoms. The van der Waals surface area contributed by atoms with Gasteiger partial charge in [0, 0.05) is 32.9 Å². The number of nitrogens with one attached hydrogen (secondary N) is 2. The molecule has 6 nitrogen and oxygen atoms in total. The average Bonchev–Trinajstić information content (AvgIpc) is 3.37. The molecule has 0 heterocycles. The van der Waals surface area contributed by atoms with E-state index in [9.17, 15) is 4.79 Å². The third-order valence-electron chi connectivity index (χ3n) is 3.66. The van der Waals surface area contributed by atoms with Gasteiger partial charge in [-0.1, -0.05) is 18.2 Å². The summed E-state index contributed by atoms with van der Waals surface area (Å²) in [5, 5.41) is 5.89. The van der Waals surface area contributed by atoms with Crippen molar-refractivity contribution < 1.29 is 9.53 Å². The second kappa shape index (κ2) is 11.2. The fourth-order valence-electron chi connectivity index (χ4n) is 2.11. The van der Waals surface area contributed by atoms with Gasteiger partial charge in [-0.25, -0.2) is 0 Å². The smallest absolute Gasteiger partial charge is 0.243 e. The minimum Gasteiger partial charge on any atom is -0.379 e. The molecule has 1 saturated carbocycles. The average molecular weight is 446 g/mol. The number of para-hydroxylation sites is 1. The van der Waals surface area contributed by atoms with E-state index in [1.54, 1.807) is 7.05 Å². The molecule has 2 rings (SSSR count). The number of carbonyl (C=O) groups excluding carboxylic acids is 1. The number of halogens is 1. The Morgan fingerprint density at radius 2 is 2.04 bits per heavy atom. The SMILES string of the molecule is CN=C(NCC(=O)Nc1ccccc1)N(C)CCOCC1CC1.I. The van der Waals surface area contributed by atoms with E-state index in [0.29, 0.717) is 12.6 Å². The fraction of sp³-hybridized carbons (Fsp3) is 0.529. The van der Waals surface area contributed by atoms with Crippen LogP contribution in [0.1, 0.15) is 12.8 Å². The maximum atomic E-state index is 11.9. The Balaban J connectivity index is 0.00000288. The molecule has 7 heteroatoms. The summed E-state index contributed by atoms with van der Waals surface area (Å²) in [6.45, 7) is 2.45. The van der Waals surface area contributed by atoms with Gasteiger partial charge in [0.05, 0.1) is 13.2 Å². The number of amides is 1. The van der Waals surface area contributed by atoms with Gasteiger partial charge in [-0.3, -0.25) is 9.79 Å². The summed E-state index contributed by atoms with van der Waals surface area (Å²) in [6, 6.07) is 9.40. The Labute approximate surface area is 161 Å². The maximum Gasteiger partial charge on any atom is 0.243 e. The normalized spacial score (nSPS) is 13.8. The predicted molar refractivity (Wildman–Crippen MR) is 108 cm³/mol. The standard InChI is InChI=1S/C17H26N4O2.HI/c1-18-17(21(2)10-11-23-13-14-8-9-14)19-12-16(22)20-15-6-4-3-5-7-15;/h3-7,14H,8-13H2,1-2H3,(H,18,19)(H,20,22);1H. The van der Waals surface area contributed by atoms with Crippen molar-refractivity contribution in [2.75, 3.05) is 45.7 Å². The van der Waals surface area contributed by atoms with Crippen LogP contribution in [-0.2, 0) is 9.53 Å². The van der Waals surface area contributed by atoms with Crippen molar-refractivity contribution in [3.63, 3.8) is 0 Å². The van der Waals surface area contributed by atoms with Crippen LogP contribution < -0.4 is 10.6 Å². The number of benzene rings is 1. The van der Waals surface area contributed by atoms with Gasteiger partial charge in [0.15, 0.2) is 5.96 Å². The number of anilines is 1. The van der Waals surface area contributed by atoms with E-state index in [-0.39, 0.29) is 36.4 Å². The highest BCUT2D eigenvalue weighted by Gasteiger charge is 2.21. The predicted octanol–water partition coefficient (Wildman–Crippen LogP) is 2.18. The third kappa shape index (κ3) is 7.96. The zero-order valence-corrected chi connectivity index (χ0v) is 16.7. The number of aliphatic imine (C=N–C) groups is 1. The van der Waals surface area contributed by atoms with E-state index < -0.39 is 0 Å². The second-order valence-corrected chi connectivity index (χ2v) is 5.75. The molecule has 134 valence electrons. The molecule has 0 saturated heterocycles. The number of likely N-dealkylation sites (N-methyl/N-ethyl adjacent to an activating group) is 1. The van der Waals surface area contributed by atoms with Crippen LogP contribution in [0.15, 0.2) is 35.3 Å². The number of nitrogens with zero attached hydrogens (tertiary/aromatic N) is 2. The lowest BCUT2D eigenvalue weighted by Gasteiger charge is -2.21. The molecule has 0 atom stereocenters. The van der Waals surface area contributed by atoms with Crippen LogP contribution in [-0.4, -0.2) is 57.2 Å². The number of ether oxygens (including phenoxy) is 1. The zero-order valence-electron chi connectivity index (χ0n) is 14.3. The first-order valence-electron chi connectivity index (χ1n) is 8.03. The summed E-state index contributed by atoms with van der Waals surface area (Å²) in [5.74, 6) is 1.36. The van der Waals surface area contributed by atoms with Crippen molar-refractivity contribution in [1.29, 1.82) is 0 Å². The molecule has 2 N–H and O–H groups in total. The van der Waals surface area contributed by atoms with Crippen molar-refractivity contribution in [2.24, 2.45) is 10.9 Å². The molecule has 1 aliphatic carbocycles. The molecule has 1 fully saturated rings. The van der Waals surface area contributed by atoms with Gasteiger partial charge in [0.2, 0.25) is 5.91 Å². The monoisotopic (exact) mass is 446 g/mol. The van der Waals surface area contributed by atoms with Gasteiger partial charge in [-0.15, -0.1) is 24.0 Å². The van der Waals surface area contributed by atoms with Gasteiger partial charge in [0.25, 0.3) is 0 Å². The number of hydrogen-bond donors (Lipinski definition) is 2. The van der Waals surface area contributed by atoms with Crippen molar-refractivity contribution in [3.8, 4) is 0 Å². The van der Waals surface area contributed by atoms with E-state index in [2.05, 4.69) is 15.6 Å². The minimum atomic E-state index is -0.101. The molecule has 0 aromatic heterocycles. The Morgan fingerprint density at radius 1 is 1.33 bits per heavy atom. The number of carbonyl (C=O) groups is 1. The van der Waals surface area contributed by atoms with Crippen LogP contribution >= 0.6 is 24.0 Å². The first-order valence-corrected chi connectivity index (χ1v) is 8.03. The highest BCUT2D eigenvalue weighted by atomic mass is 127. The third-order valence-corrected chi connectivity index (χ3v) is 3.66. The molecule has 0 unspecified atom stereocenters. The fourth-order valence-corrected chi connectivity index (χ4v) is 2.11. The first-order chi connectivity index (χ1) is 11.2. The molecule has 1 aliphatic rings. The van der Waals surface area contributed by atoms with Crippen LogP contribution in [0.3, 0.4) is 0 Å². The van der Waals surface area contributed by atoms with Gasteiger partial charge in [0.1, 0.15) is 0 Å². The summed E-state index contributed by atoms with van der Waals surface area (Å²) in [5.41, 5.74) is 0.788. The van der Waals surface area contributed by atoms with E-state index in [1.165, 1.54) is 12.8 Å². The molecule has 0 radical (unpaired) electrons. The van der Waals surface area contributed by atoms with Gasteiger partial charge >= 0.3 is 0 Å². The van der Waals surface area contributed by atoms with E-state index in [4.69, 9.17) is 4.74 Å². The Hall–Kier alpha value is -1.35. The van der Waals surface area contributed by atoms with Crippen molar-refractivity contribution in [1.82, 2.24) is 10.2 Å². The van der Waals surface area contributed by atoms with E-state index in [1.807, 2.05) is 42.3 Å². The van der Waals surface area contributed by atoms with Gasteiger partial charge in [-0.2, -0.15) is 0 Å². The Morgan fingerprint density at radius 3 is 2.67 bits per heavy atom. The van der Waals surface area contributed by atoms with Crippen molar-refractivity contribution in [3.05, 3.63) is 30.3 Å². The van der Waals surface area contributed by atoms with E-state index >= 15 is 0 Å². The number of hydrogen-bond acceptors (Lipinski definition) is 3. The van der Waals surface area contributed by atoms with Crippen LogP contribution in [0.25, 0.3) is 0 Å². The maximum absolute atomic E-state index is 11.9.